The highest BCUT2D eigenvalue weighted by atomic mass is 16.5. The monoisotopic (exact) mass is 280 g/mol. The molecule has 21 heavy (non-hydrogen) atoms. The van der Waals surface area contributed by atoms with E-state index >= 15 is 0 Å². The zero-order chi connectivity index (χ0) is 14.3. The third-order valence-electron chi connectivity index (χ3n) is 4.01. The smallest absolute Gasteiger partial charge is 0.0594 e. The molecule has 1 saturated heterocycles. The molecule has 0 spiro atoms. The van der Waals surface area contributed by atoms with E-state index in [4.69, 9.17) is 4.74 Å². The first-order valence-corrected chi connectivity index (χ1v) is 7.73. The summed E-state index contributed by atoms with van der Waals surface area (Å²) in [6.45, 7) is 4.87. The number of aryl methyl sites for hydroxylation is 2. The van der Waals surface area contributed by atoms with Gasteiger partial charge in [-0.3, -0.25) is 4.90 Å². The zero-order valence-electron chi connectivity index (χ0n) is 12.4. The van der Waals surface area contributed by atoms with Crippen LogP contribution < -0.4 is 0 Å². The van der Waals surface area contributed by atoms with Crippen molar-refractivity contribution in [2.24, 2.45) is 0 Å². The molecule has 0 aliphatic carbocycles. The van der Waals surface area contributed by atoms with Crippen LogP contribution in [0.25, 0.3) is 0 Å². The molecule has 0 aromatic heterocycles. The highest BCUT2D eigenvalue weighted by Gasteiger charge is 2.10. The fourth-order valence-electron chi connectivity index (χ4n) is 2.70. The second-order valence-corrected chi connectivity index (χ2v) is 5.62. The lowest BCUT2D eigenvalue weighted by Crippen LogP contribution is -2.35. The SMILES string of the molecule is [c]1cccc(CCc2ccc(CN3CCOCC3)cc2)c1. The van der Waals surface area contributed by atoms with Gasteiger partial charge in [-0.2, -0.15) is 0 Å². The van der Waals surface area contributed by atoms with Crippen molar-refractivity contribution in [3.8, 4) is 0 Å². The molecule has 2 nitrogen and oxygen atoms in total. The summed E-state index contributed by atoms with van der Waals surface area (Å²) in [5.74, 6) is 0. The van der Waals surface area contributed by atoms with Crippen molar-refractivity contribution < 1.29 is 4.74 Å². The predicted octanol–water partition coefficient (Wildman–Crippen LogP) is 3.10. The Hall–Kier alpha value is -1.64. The van der Waals surface area contributed by atoms with Crippen molar-refractivity contribution in [1.82, 2.24) is 4.90 Å². The van der Waals surface area contributed by atoms with Gasteiger partial charge in [-0.25, -0.2) is 0 Å². The van der Waals surface area contributed by atoms with E-state index in [2.05, 4.69) is 53.4 Å². The molecule has 0 atom stereocenters. The van der Waals surface area contributed by atoms with Gasteiger partial charge >= 0.3 is 0 Å². The Labute approximate surface area is 127 Å². The Morgan fingerprint density at radius 2 is 1.62 bits per heavy atom. The fourth-order valence-corrected chi connectivity index (χ4v) is 2.70. The molecule has 2 heteroatoms. The first kappa shape index (κ1) is 14.3. The number of hydrogen-bond acceptors (Lipinski definition) is 2. The Balaban J connectivity index is 1.51. The summed E-state index contributed by atoms with van der Waals surface area (Å²) < 4.78 is 5.39. The molecular weight excluding hydrogens is 258 g/mol. The fraction of sp³-hybridized carbons (Fsp3) is 0.368. The minimum Gasteiger partial charge on any atom is -0.379 e. The highest BCUT2D eigenvalue weighted by Crippen LogP contribution is 2.11. The van der Waals surface area contributed by atoms with E-state index in [1.807, 2.05) is 6.07 Å². The molecule has 1 fully saturated rings. The van der Waals surface area contributed by atoms with Gasteiger partial charge < -0.3 is 4.74 Å². The lowest BCUT2D eigenvalue weighted by molar-refractivity contribution is 0.0342. The van der Waals surface area contributed by atoms with E-state index in [1.165, 1.54) is 16.7 Å². The van der Waals surface area contributed by atoms with E-state index in [0.717, 1.165) is 45.7 Å². The number of morpholine rings is 1. The zero-order valence-corrected chi connectivity index (χ0v) is 12.4. The van der Waals surface area contributed by atoms with Gasteiger partial charge in [0.15, 0.2) is 0 Å². The summed E-state index contributed by atoms with van der Waals surface area (Å²) in [5.41, 5.74) is 4.16. The summed E-state index contributed by atoms with van der Waals surface area (Å²) in [7, 11) is 0. The molecule has 0 N–H and O–H groups in total. The molecule has 2 aromatic rings. The van der Waals surface area contributed by atoms with Gasteiger partial charge in [0.1, 0.15) is 0 Å². The van der Waals surface area contributed by atoms with E-state index in [0.29, 0.717) is 0 Å². The molecule has 0 bridgehead atoms. The molecular formula is C19H22NO. The maximum Gasteiger partial charge on any atom is 0.0594 e. The minimum absolute atomic E-state index is 0.867. The quantitative estimate of drug-likeness (QED) is 0.834. The molecule has 0 saturated carbocycles. The Morgan fingerprint density at radius 1 is 0.905 bits per heavy atom. The first-order valence-electron chi connectivity index (χ1n) is 7.73. The van der Waals surface area contributed by atoms with Crippen molar-refractivity contribution in [3.63, 3.8) is 0 Å². The van der Waals surface area contributed by atoms with Gasteiger partial charge in [0, 0.05) is 19.6 Å². The molecule has 0 amide bonds. The molecule has 1 radical (unpaired) electrons. The van der Waals surface area contributed by atoms with Crippen LogP contribution >= 0.6 is 0 Å². The van der Waals surface area contributed by atoms with E-state index in [-0.39, 0.29) is 0 Å². The van der Waals surface area contributed by atoms with Crippen LogP contribution in [0.3, 0.4) is 0 Å². The van der Waals surface area contributed by atoms with Crippen LogP contribution in [0.1, 0.15) is 16.7 Å². The van der Waals surface area contributed by atoms with Crippen molar-refractivity contribution in [1.29, 1.82) is 0 Å². The van der Waals surface area contributed by atoms with Crippen molar-refractivity contribution in [2.45, 2.75) is 19.4 Å². The van der Waals surface area contributed by atoms with Crippen LogP contribution in [0.2, 0.25) is 0 Å². The van der Waals surface area contributed by atoms with Gasteiger partial charge in [0.05, 0.1) is 13.2 Å². The number of benzene rings is 2. The molecule has 3 rings (SSSR count). The van der Waals surface area contributed by atoms with E-state index < -0.39 is 0 Å². The molecule has 1 heterocycles. The summed E-state index contributed by atoms with van der Waals surface area (Å²) in [4.78, 5) is 2.46. The number of hydrogen-bond donors (Lipinski definition) is 0. The maximum atomic E-state index is 5.39. The normalized spacial score (nSPS) is 16.0. The van der Waals surface area contributed by atoms with Crippen LogP contribution in [0, 0.1) is 6.07 Å². The standard InChI is InChI=1S/C19H22NO/c1-2-4-17(5-3-1)6-7-18-8-10-19(11-9-18)16-20-12-14-21-15-13-20/h1-2,4-5,8-11H,6-7,12-16H2. The van der Waals surface area contributed by atoms with Crippen LogP contribution in [0.15, 0.2) is 48.5 Å². The Kier molecular flexibility index (Phi) is 5.03. The van der Waals surface area contributed by atoms with Crippen molar-refractivity contribution in [2.75, 3.05) is 26.3 Å². The Bertz CT molecular complexity index is 529. The van der Waals surface area contributed by atoms with Gasteiger partial charge in [-0.1, -0.05) is 48.5 Å². The number of nitrogens with zero attached hydrogens (tertiary/aromatic N) is 1. The molecule has 2 aromatic carbocycles. The predicted molar refractivity (Wildman–Crippen MR) is 85.2 cm³/mol. The summed E-state index contributed by atoms with van der Waals surface area (Å²) in [6, 6.07) is 20.5. The van der Waals surface area contributed by atoms with Crippen molar-refractivity contribution in [3.05, 3.63) is 71.3 Å². The van der Waals surface area contributed by atoms with Crippen LogP contribution in [-0.2, 0) is 24.1 Å². The number of ether oxygens (including phenoxy) is 1. The van der Waals surface area contributed by atoms with Crippen LogP contribution in [0.5, 0.6) is 0 Å². The molecule has 109 valence electrons. The molecule has 1 aliphatic heterocycles. The summed E-state index contributed by atoms with van der Waals surface area (Å²) in [5, 5.41) is 0. The lowest BCUT2D eigenvalue weighted by Gasteiger charge is -2.26. The third-order valence-corrected chi connectivity index (χ3v) is 4.01. The van der Waals surface area contributed by atoms with E-state index in [1.54, 1.807) is 0 Å². The van der Waals surface area contributed by atoms with Crippen molar-refractivity contribution >= 4 is 0 Å². The third kappa shape index (κ3) is 4.42. The van der Waals surface area contributed by atoms with Gasteiger partial charge in [-0.05, 0) is 35.6 Å². The second-order valence-electron chi connectivity index (χ2n) is 5.62. The van der Waals surface area contributed by atoms with Crippen LogP contribution in [0.4, 0.5) is 0 Å². The number of rotatable bonds is 5. The van der Waals surface area contributed by atoms with Crippen LogP contribution in [-0.4, -0.2) is 31.2 Å². The minimum atomic E-state index is 0.867. The first-order chi connectivity index (χ1) is 10.4. The van der Waals surface area contributed by atoms with E-state index in [9.17, 15) is 0 Å². The lowest BCUT2D eigenvalue weighted by atomic mass is 10.0. The maximum absolute atomic E-state index is 5.39. The molecule has 1 aliphatic rings. The highest BCUT2D eigenvalue weighted by molar-refractivity contribution is 5.24. The topological polar surface area (TPSA) is 12.5 Å². The average Bonchev–Trinajstić information content (AvgIpc) is 2.56. The van der Waals surface area contributed by atoms with Gasteiger partial charge in [-0.15, -0.1) is 0 Å². The van der Waals surface area contributed by atoms with Gasteiger partial charge in [0.25, 0.3) is 0 Å². The van der Waals surface area contributed by atoms with Gasteiger partial charge in [0.2, 0.25) is 0 Å². The summed E-state index contributed by atoms with van der Waals surface area (Å²) in [6.07, 6.45) is 2.18. The molecule has 0 unspecified atom stereocenters. The summed E-state index contributed by atoms with van der Waals surface area (Å²) >= 11 is 0. The average molecular weight is 280 g/mol. The Morgan fingerprint density at radius 3 is 2.33 bits per heavy atom. The second kappa shape index (κ2) is 7.39. The largest absolute Gasteiger partial charge is 0.379 e.